The Balaban J connectivity index is 1.87. The van der Waals surface area contributed by atoms with Gasteiger partial charge >= 0.3 is 0 Å². The first-order valence-electron chi connectivity index (χ1n) is 9.96. The number of sulfonamides is 1. The number of primary sulfonamides is 1. The van der Waals surface area contributed by atoms with Gasteiger partial charge in [0, 0.05) is 25.0 Å². The Bertz CT molecular complexity index is 1190. The molecule has 0 saturated carbocycles. The van der Waals surface area contributed by atoms with Crippen LogP contribution >= 0.6 is 0 Å². The van der Waals surface area contributed by atoms with Crippen LogP contribution in [0.3, 0.4) is 0 Å². The zero-order chi connectivity index (χ0) is 22.6. The van der Waals surface area contributed by atoms with Crippen molar-refractivity contribution in [1.29, 1.82) is 0 Å². The molecule has 0 radical (unpaired) electrons. The Hall–Kier alpha value is -3.10. The van der Waals surface area contributed by atoms with E-state index in [0.717, 1.165) is 47.5 Å². The third kappa shape index (κ3) is 5.34. The van der Waals surface area contributed by atoms with Gasteiger partial charge < -0.3 is 5.32 Å². The highest BCUT2D eigenvalue weighted by Crippen LogP contribution is 2.21. The van der Waals surface area contributed by atoms with Crippen molar-refractivity contribution in [2.24, 2.45) is 5.14 Å². The van der Waals surface area contributed by atoms with E-state index >= 15 is 0 Å². The van der Waals surface area contributed by atoms with Gasteiger partial charge in [0.05, 0.1) is 10.6 Å². The van der Waals surface area contributed by atoms with Crippen molar-refractivity contribution in [3.63, 3.8) is 0 Å². The molecular formula is C23H25FN3O3S+. The zero-order valence-corrected chi connectivity index (χ0v) is 18.2. The molecule has 1 amide bonds. The molecule has 162 valence electrons. The van der Waals surface area contributed by atoms with Crippen molar-refractivity contribution < 1.29 is 22.2 Å². The second kappa shape index (κ2) is 9.36. The van der Waals surface area contributed by atoms with E-state index in [1.54, 1.807) is 0 Å². The van der Waals surface area contributed by atoms with E-state index in [2.05, 4.69) is 17.4 Å². The molecule has 0 aliphatic carbocycles. The third-order valence-electron chi connectivity index (χ3n) is 5.01. The average molecular weight is 443 g/mol. The summed E-state index contributed by atoms with van der Waals surface area (Å²) in [5.74, 6) is -1.28. The fraction of sp³-hybridized carbons (Fsp3) is 0.217. The van der Waals surface area contributed by atoms with E-state index in [-0.39, 0.29) is 17.1 Å². The Labute approximate surface area is 181 Å². The summed E-state index contributed by atoms with van der Waals surface area (Å²) in [6, 6.07) is 17.3. The molecule has 2 aromatic carbocycles. The summed E-state index contributed by atoms with van der Waals surface area (Å²) in [4.78, 5) is 12.3. The first-order chi connectivity index (χ1) is 14.7. The third-order valence-corrected chi connectivity index (χ3v) is 5.93. The number of hydrogen-bond acceptors (Lipinski definition) is 3. The maximum atomic E-state index is 14.3. The lowest BCUT2D eigenvalue weighted by Gasteiger charge is -2.11. The Morgan fingerprint density at radius 2 is 1.58 bits per heavy atom. The maximum absolute atomic E-state index is 14.3. The van der Waals surface area contributed by atoms with Gasteiger partial charge in [0.15, 0.2) is 11.4 Å². The van der Waals surface area contributed by atoms with Gasteiger partial charge in [-0.2, -0.15) is 4.57 Å². The summed E-state index contributed by atoms with van der Waals surface area (Å²) in [6.07, 6.45) is 1.44. The van der Waals surface area contributed by atoms with E-state index in [4.69, 9.17) is 5.14 Å². The summed E-state index contributed by atoms with van der Waals surface area (Å²) in [6.45, 7) is 4.05. The maximum Gasteiger partial charge on any atom is 0.290 e. The summed E-state index contributed by atoms with van der Waals surface area (Å²) in [5.41, 5.74) is 4.04. The minimum atomic E-state index is -4.02. The lowest BCUT2D eigenvalue weighted by molar-refractivity contribution is -0.698. The second-order valence-corrected chi connectivity index (χ2v) is 8.68. The average Bonchev–Trinajstić information content (AvgIpc) is 2.75. The number of aromatic nitrogens is 1. The van der Waals surface area contributed by atoms with Crippen molar-refractivity contribution in [3.8, 4) is 11.1 Å². The summed E-state index contributed by atoms with van der Waals surface area (Å²) >= 11 is 0. The zero-order valence-electron chi connectivity index (χ0n) is 17.4. The number of carbonyl (C=O) groups is 1. The molecule has 3 rings (SSSR count). The topological polar surface area (TPSA) is 93.1 Å². The molecule has 6 nitrogen and oxygen atoms in total. The van der Waals surface area contributed by atoms with Gasteiger partial charge in [-0.15, -0.1) is 0 Å². The molecule has 1 heterocycles. The van der Waals surface area contributed by atoms with Crippen molar-refractivity contribution in [2.45, 2.75) is 38.1 Å². The molecular weight excluding hydrogens is 417 g/mol. The molecule has 0 aliphatic rings. The van der Waals surface area contributed by atoms with Crippen molar-refractivity contribution >= 4 is 21.6 Å². The normalized spacial score (nSPS) is 11.4. The van der Waals surface area contributed by atoms with Gasteiger partial charge in [0.25, 0.3) is 5.91 Å². The van der Waals surface area contributed by atoms with Gasteiger partial charge in [-0.25, -0.2) is 17.9 Å². The number of nitrogens with two attached hydrogens (primary N) is 1. The van der Waals surface area contributed by atoms with Gasteiger partial charge in [-0.3, -0.25) is 4.79 Å². The van der Waals surface area contributed by atoms with E-state index in [1.165, 1.54) is 6.07 Å². The number of rotatable bonds is 7. The van der Waals surface area contributed by atoms with Crippen molar-refractivity contribution in [3.05, 3.63) is 77.9 Å². The largest absolute Gasteiger partial charge is 0.318 e. The van der Waals surface area contributed by atoms with Gasteiger partial charge in [0.2, 0.25) is 16.6 Å². The number of nitrogens with one attached hydrogen (secondary N) is 1. The number of halogens is 1. The van der Waals surface area contributed by atoms with E-state index < -0.39 is 21.7 Å². The van der Waals surface area contributed by atoms with Crippen LogP contribution in [0.1, 0.15) is 25.2 Å². The predicted molar refractivity (Wildman–Crippen MR) is 117 cm³/mol. The number of nitrogens with zero attached hydrogens (tertiary/aromatic N) is 1. The van der Waals surface area contributed by atoms with Gasteiger partial charge in [0.1, 0.15) is 5.82 Å². The minimum Gasteiger partial charge on any atom is -0.318 e. The predicted octanol–water partition coefficient (Wildman–Crippen LogP) is 3.19. The number of amides is 1. The van der Waals surface area contributed by atoms with E-state index in [9.17, 15) is 17.6 Å². The van der Waals surface area contributed by atoms with Crippen molar-refractivity contribution in [2.75, 3.05) is 5.32 Å². The van der Waals surface area contributed by atoms with Crippen molar-refractivity contribution in [1.82, 2.24) is 0 Å². The van der Waals surface area contributed by atoms with Gasteiger partial charge in [-0.05, 0) is 29.3 Å². The van der Waals surface area contributed by atoms with E-state index in [1.807, 2.05) is 48.7 Å². The van der Waals surface area contributed by atoms with Crippen LogP contribution in [0.5, 0.6) is 0 Å². The molecule has 3 N–H and O–H groups in total. The number of carbonyl (C=O) groups excluding carboxylic acids is 1. The minimum absolute atomic E-state index is 0.0117. The second-order valence-electron chi connectivity index (χ2n) is 7.12. The molecule has 0 spiro atoms. The molecule has 0 aliphatic heterocycles. The Kier molecular flexibility index (Phi) is 6.82. The SMILES string of the molecule is CCc1cc(-c2ccccc2)cc(CC)[n+]1CC(=O)Nc1ccc(S(N)(=O)=O)cc1F. The highest BCUT2D eigenvalue weighted by molar-refractivity contribution is 7.89. The molecule has 0 fully saturated rings. The standard InChI is InChI=1S/C23H24FN3O3S/c1-3-18-12-17(16-8-6-5-7-9-16)13-19(4-2)27(18)15-23(28)26-22-11-10-20(14-21(22)24)31(25,29)30/h5-14H,3-4,15H2,1-2H3,(H2-,25,26,28,29,30)/p+1. The number of aryl methyl sites for hydroxylation is 2. The smallest absolute Gasteiger partial charge is 0.290 e. The van der Waals surface area contributed by atoms with Crippen LogP contribution in [0.2, 0.25) is 0 Å². The van der Waals surface area contributed by atoms with E-state index in [0.29, 0.717) is 0 Å². The van der Waals surface area contributed by atoms with Crippen LogP contribution in [0, 0.1) is 5.82 Å². The molecule has 1 aromatic heterocycles. The first kappa shape index (κ1) is 22.6. The number of benzene rings is 2. The van der Waals surface area contributed by atoms with Gasteiger partial charge in [-0.1, -0.05) is 44.2 Å². The fourth-order valence-corrected chi connectivity index (χ4v) is 3.96. The summed E-state index contributed by atoms with van der Waals surface area (Å²) < 4.78 is 38.9. The summed E-state index contributed by atoms with van der Waals surface area (Å²) in [7, 11) is -4.02. The van der Waals surface area contributed by atoms with Crippen LogP contribution in [-0.4, -0.2) is 14.3 Å². The lowest BCUT2D eigenvalue weighted by atomic mass is 10.0. The Morgan fingerprint density at radius 1 is 0.968 bits per heavy atom. The van der Waals surface area contributed by atoms with Crippen LogP contribution in [0.25, 0.3) is 11.1 Å². The van der Waals surface area contributed by atoms with Crippen LogP contribution < -0.4 is 15.0 Å². The highest BCUT2D eigenvalue weighted by atomic mass is 32.2. The Morgan fingerprint density at radius 3 is 2.10 bits per heavy atom. The number of pyridine rings is 1. The first-order valence-corrected chi connectivity index (χ1v) is 11.5. The fourth-order valence-electron chi connectivity index (χ4n) is 3.43. The molecule has 3 aromatic rings. The van der Waals surface area contributed by atoms with Crippen LogP contribution in [-0.2, 0) is 34.2 Å². The van der Waals surface area contributed by atoms with Crippen LogP contribution in [0.15, 0.2) is 65.6 Å². The molecule has 0 bridgehead atoms. The molecule has 0 unspecified atom stereocenters. The monoisotopic (exact) mass is 442 g/mol. The molecule has 31 heavy (non-hydrogen) atoms. The van der Waals surface area contributed by atoms with Crippen LogP contribution in [0.4, 0.5) is 10.1 Å². The quantitative estimate of drug-likeness (QED) is 0.551. The lowest BCUT2D eigenvalue weighted by Crippen LogP contribution is -2.47. The highest BCUT2D eigenvalue weighted by Gasteiger charge is 2.22. The number of hydrogen-bond donors (Lipinski definition) is 2. The molecule has 0 atom stereocenters. The molecule has 0 saturated heterocycles. The number of anilines is 1. The summed E-state index contributed by atoms with van der Waals surface area (Å²) in [5, 5.41) is 7.53. The molecule has 8 heteroatoms.